The first-order chi connectivity index (χ1) is 13.1. The van der Waals surface area contributed by atoms with Gasteiger partial charge in [0.1, 0.15) is 16.8 Å². The van der Waals surface area contributed by atoms with E-state index in [1.54, 1.807) is 0 Å². The minimum Gasteiger partial charge on any atom is -0.458 e. The van der Waals surface area contributed by atoms with Crippen LogP contribution in [0.3, 0.4) is 0 Å². The van der Waals surface area contributed by atoms with Gasteiger partial charge < -0.3 is 18.9 Å². The molecule has 1 heterocycles. The third-order valence-electron chi connectivity index (χ3n) is 6.43. The van der Waals surface area contributed by atoms with Gasteiger partial charge in [-0.3, -0.25) is 9.69 Å². The number of morpholine rings is 1. The molecule has 7 nitrogen and oxygen atoms in total. The fraction of sp³-hybridized carbons (Fsp3) is 0.905. The summed E-state index contributed by atoms with van der Waals surface area (Å²) in [6, 6.07) is 0. The van der Waals surface area contributed by atoms with Gasteiger partial charge in [-0.1, -0.05) is 0 Å². The number of nitrogens with zero attached hydrogens (tertiary/aromatic N) is 1. The summed E-state index contributed by atoms with van der Waals surface area (Å²) in [7, 11) is 0. The molecule has 5 fully saturated rings. The van der Waals surface area contributed by atoms with Crippen molar-refractivity contribution in [2.75, 3.05) is 32.8 Å². The molecule has 0 spiro atoms. The summed E-state index contributed by atoms with van der Waals surface area (Å²) in [5.41, 5.74) is -1.62. The van der Waals surface area contributed by atoms with E-state index < -0.39 is 23.0 Å². The normalized spacial score (nSPS) is 37.5. The topological polar surface area (TPSA) is 74.3 Å². The highest BCUT2D eigenvalue weighted by molar-refractivity contribution is 5.72. The molecule has 5 rings (SSSR count). The van der Waals surface area contributed by atoms with Crippen molar-refractivity contribution in [3.8, 4) is 0 Å². The molecule has 0 N–H and O–H groups in total. The second kappa shape index (κ2) is 7.17. The largest absolute Gasteiger partial charge is 0.509 e. The molecule has 28 heavy (non-hydrogen) atoms. The van der Waals surface area contributed by atoms with Crippen LogP contribution in [0, 0.1) is 11.8 Å². The molecule has 0 aromatic heterocycles. The Morgan fingerprint density at radius 1 is 1.00 bits per heavy atom. The van der Waals surface area contributed by atoms with Crippen LogP contribution in [-0.4, -0.2) is 66.7 Å². The second-order valence-electron chi connectivity index (χ2n) is 10.3. The highest BCUT2D eigenvalue weighted by atomic mass is 16.7. The molecule has 4 saturated carbocycles. The lowest BCUT2D eigenvalue weighted by Crippen LogP contribution is -2.62. The summed E-state index contributed by atoms with van der Waals surface area (Å²) in [6.07, 6.45) is 4.61. The van der Waals surface area contributed by atoms with E-state index in [0.717, 1.165) is 45.2 Å². The van der Waals surface area contributed by atoms with Crippen LogP contribution in [0.2, 0.25) is 0 Å². The fourth-order valence-corrected chi connectivity index (χ4v) is 6.00. The van der Waals surface area contributed by atoms with Crippen LogP contribution in [0.5, 0.6) is 0 Å². The van der Waals surface area contributed by atoms with E-state index in [1.807, 2.05) is 20.8 Å². The molecular formula is C21H33NO6. The number of carbonyl (C=O) groups is 2. The van der Waals surface area contributed by atoms with E-state index in [0.29, 0.717) is 38.0 Å². The lowest BCUT2D eigenvalue weighted by Gasteiger charge is -2.60. The zero-order valence-corrected chi connectivity index (χ0v) is 17.3. The first-order valence-corrected chi connectivity index (χ1v) is 10.6. The first kappa shape index (κ1) is 20.0. The fourth-order valence-electron chi connectivity index (χ4n) is 6.00. The Kier molecular flexibility index (Phi) is 5.11. The summed E-state index contributed by atoms with van der Waals surface area (Å²) in [4.78, 5) is 27.1. The molecule has 0 radical (unpaired) electrons. The highest BCUT2D eigenvalue weighted by Gasteiger charge is 2.61. The number of rotatable bonds is 4. The van der Waals surface area contributed by atoms with Gasteiger partial charge >= 0.3 is 12.1 Å². The summed E-state index contributed by atoms with van der Waals surface area (Å²) in [5, 5.41) is 0. The summed E-state index contributed by atoms with van der Waals surface area (Å²) in [6.45, 7) is 8.66. The van der Waals surface area contributed by atoms with E-state index in [9.17, 15) is 9.59 Å². The molecule has 4 bridgehead atoms. The maximum atomic E-state index is 12.7. The van der Waals surface area contributed by atoms with Gasteiger partial charge in [0.05, 0.1) is 19.8 Å². The van der Waals surface area contributed by atoms with Crippen LogP contribution in [-0.2, 0) is 23.7 Å². The van der Waals surface area contributed by atoms with Gasteiger partial charge in [-0.15, -0.1) is 0 Å². The van der Waals surface area contributed by atoms with Gasteiger partial charge in [0, 0.05) is 19.5 Å². The van der Waals surface area contributed by atoms with Crippen molar-refractivity contribution in [1.29, 1.82) is 0 Å². The average Bonchev–Trinajstić information content (AvgIpc) is 2.51. The third-order valence-corrected chi connectivity index (χ3v) is 6.43. The predicted molar refractivity (Wildman–Crippen MR) is 101 cm³/mol. The number of hydrogen-bond acceptors (Lipinski definition) is 7. The van der Waals surface area contributed by atoms with Crippen LogP contribution < -0.4 is 0 Å². The average molecular weight is 395 g/mol. The Hall–Kier alpha value is -1.34. The third kappa shape index (κ3) is 4.46. The van der Waals surface area contributed by atoms with Crippen LogP contribution in [0.25, 0.3) is 0 Å². The van der Waals surface area contributed by atoms with E-state index >= 15 is 0 Å². The molecule has 7 heteroatoms. The number of hydrogen-bond donors (Lipinski definition) is 0. The van der Waals surface area contributed by atoms with Gasteiger partial charge in [0.2, 0.25) is 0 Å². The Morgan fingerprint density at radius 2 is 1.57 bits per heavy atom. The molecule has 0 amide bonds. The van der Waals surface area contributed by atoms with Crippen LogP contribution >= 0.6 is 0 Å². The van der Waals surface area contributed by atoms with Gasteiger partial charge in [-0.05, 0) is 64.7 Å². The van der Waals surface area contributed by atoms with Crippen molar-refractivity contribution in [3.63, 3.8) is 0 Å². The van der Waals surface area contributed by atoms with Crippen molar-refractivity contribution in [2.45, 2.75) is 76.1 Å². The quantitative estimate of drug-likeness (QED) is 0.678. The molecular weight excluding hydrogens is 362 g/mol. The van der Waals surface area contributed by atoms with Gasteiger partial charge in [-0.25, -0.2) is 4.79 Å². The Bertz CT molecular complexity index is 607. The van der Waals surface area contributed by atoms with Crippen molar-refractivity contribution < 1.29 is 28.5 Å². The van der Waals surface area contributed by atoms with E-state index in [4.69, 9.17) is 18.9 Å². The zero-order valence-electron chi connectivity index (χ0n) is 17.3. The van der Waals surface area contributed by atoms with Crippen molar-refractivity contribution in [2.24, 2.45) is 11.8 Å². The molecule has 2 atom stereocenters. The minimum atomic E-state index is -0.607. The zero-order chi connectivity index (χ0) is 20.0. The maximum absolute atomic E-state index is 12.7. The summed E-state index contributed by atoms with van der Waals surface area (Å²) in [5.74, 6) is 0.719. The smallest absolute Gasteiger partial charge is 0.458 e. The number of carbonyl (C=O) groups excluding carboxylic acids is 2. The minimum absolute atomic E-state index is 0.170. The summed E-state index contributed by atoms with van der Waals surface area (Å²) >= 11 is 0. The predicted octanol–water partition coefficient (Wildman–Crippen LogP) is 2.90. The Balaban J connectivity index is 1.42. The van der Waals surface area contributed by atoms with Crippen LogP contribution in [0.1, 0.15) is 59.3 Å². The standard InChI is InChI=1S/C21H33NO6/c1-19(2,3)27-18(24)28-21-11-15-8-16(12-21)10-20(9-15,14-21)26-17(23)13-22-4-6-25-7-5-22/h15-16H,4-14H2,1-3H3. The van der Waals surface area contributed by atoms with E-state index in [-0.39, 0.29) is 5.97 Å². The van der Waals surface area contributed by atoms with Crippen LogP contribution in [0.4, 0.5) is 4.79 Å². The molecule has 2 unspecified atom stereocenters. The van der Waals surface area contributed by atoms with Gasteiger partial charge in [0.25, 0.3) is 0 Å². The van der Waals surface area contributed by atoms with Crippen molar-refractivity contribution >= 4 is 12.1 Å². The molecule has 0 aromatic rings. The van der Waals surface area contributed by atoms with E-state index in [1.165, 1.54) is 0 Å². The number of ether oxygens (including phenoxy) is 4. The lowest BCUT2D eigenvalue weighted by molar-refractivity contribution is -0.225. The molecule has 0 aromatic carbocycles. The lowest BCUT2D eigenvalue weighted by atomic mass is 9.52. The molecule has 5 aliphatic rings. The first-order valence-electron chi connectivity index (χ1n) is 10.6. The van der Waals surface area contributed by atoms with Crippen molar-refractivity contribution in [1.82, 2.24) is 4.90 Å². The SMILES string of the molecule is CC(C)(C)OC(=O)OC12CC3CC(CC(OC(=O)CN4CCOCC4)(C3)C1)C2. The molecule has 1 saturated heterocycles. The van der Waals surface area contributed by atoms with Gasteiger partial charge in [-0.2, -0.15) is 0 Å². The van der Waals surface area contributed by atoms with Gasteiger partial charge in [0.15, 0.2) is 0 Å². The monoisotopic (exact) mass is 395 g/mol. The van der Waals surface area contributed by atoms with E-state index in [2.05, 4.69) is 4.90 Å². The Morgan fingerprint density at radius 3 is 2.14 bits per heavy atom. The van der Waals surface area contributed by atoms with Crippen LogP contribution in [0.15, 0.2) is 0 Å². The second-order valence-corrected chi connectivity index (χ2v) is 10.3. The maximum Gasteiger partial charge on any atom is 0.509 e. The highest BCUT2D eigenvalue weighted by Crippen LogP contribution is 2.60. The summed E-state index contributed by atoms with van der Waals surface area (Å²) < 4.78 is 22.8. The number of esters is 1. The molecule has 158 valence electrons. The Labute approximate surface area is 167 Å². The molecule has 1 aliphatic heterocycles. The van der Waals surface area contributed by atoms with Crippen molar-refractivity contribution in [3.05, 3.63) is 0 Å². The molecule has 4 aliphatic carbocycles.